The maximum atomic E-state index is 12.4. The molecule has 0 radical (unpaired) electrons. The number of nitrogens with zero attached hydrogens (tertiary/aromatic N) is 2. The second kappa shape index (κ2) is 10.5. The fourth-order valence-electron chi connectivity index (χ4n) is 2.41. The SMILES string of the molecule is CC.CCCN(Cc1ncc(-c2ccc(Br)c(C)c2)[nH]1)C(=O)OC(C)(C)C. The van der Waals surface area contributed by atoms with Crippen LogP contribution in [0.4, 0.5) is 4.79 Å². The smallest absolute Gasteiger partial charge is 0.410 e. The van der Waals surface area contributed by atoms with Crippen molar-refractivity contribution in [1.29, 1.82) is 0 Å². The van der Waals surface area contributed by atoms with Crippen LogP contribution in [0.2, 0.25) is 0 Å². The van der Waals surface area contributed by atoms with Gasteiger partial charge >= 0.3 is 6.09 Å². The minimum absolute atomic E-state index is 0.313. The number of carbonyl (C=O) groups excluding carboxylic acids is 1. The van der Waals surface area contributed by atoms with Crippen LogP contribution in [0.5, 0.6) is 0 Å². The van der Waals surface area contributed by atoms with Crippen LogP contribution in [-0.4, -0.2) is 33.1 Å². The fourth-order valence-corrected chi connectivity index (χ4v) is 2.66. The van der Waals surface area contributed by atoms with Gasteiger partial charge in [0, 0.05) is 11.0 Å². The number of aromatic amines is 1. The molecule has 27 heavy (non-hydrogen) atoms. The highest BCUT2D eigenvalue weighted by atomic mass is 79.9. The van der Waals surface area contributed by atoms with Gasteiger partial charge in [-0.05, 0) is 57.4 Å². The first kappa shape index (κ1) is 23.2. The first-order valence-corrected chi connectivity index (χ1v) is 10.3. The van der Waals surface area contributed by atoms with Crippen molar-refractivity contribution in [2.24, 2.45) is 0 Å². The van der Waals surface area contributed by atoms with Crippen LogP contribution >= 0.6 is 15.9 Å². The normalized spacial score (nSPS) is 10.8. The Morgan fingerprint density at radius 3 is 2.52 bits per heavy atom. The Kier molecular flexibility index (Phi) is 9.03. The van der Waals surface area contributed by atoms with E-state index in [1.807, 2.05) is 53.7 Å². The minimum Gasteiger partial charge on any atom is -0.444 e. The van der Waals surface area contributed by atoms with Crippen molar-refractivity contribution in [2.45, 2.75) is 67.0 Å². The molecule has 0 bridgehead atoms. The summed E-state index contributed by atoms with van der Waals surface area (Å²) in [7, 11) is 0. The molecule has 2 rings (SSSR count). The highest BCUT2D eigenvalue weighted by Crippen LogP contribution is 2.24. The van der Waals surface area contributed by atoms with Crippen molar-refractivity contribution < 1.29 is 9.53 Å². The summed E-state index contributed by atoms with van der Waals surface area (Å²) >= 11 is 3.51. The molecular weight excluding hydrogens is 406 g/mol. The number of rotatable bonds is 5. The van der Waals surface area contributed by atoms with Crippen LogP contribution in [-0.2, 0) is 11.3 Å². The Morgan fingerprint density at radius 1 is 1.30 bits per heavy atom. The van der Waals surface area contributed by atoms with E-state index >= 15 is 0 Å². The summed E-state index contributed by atoms with van der Waals surface area (Å²) in [4.78, 5) is 21.8. The van der Waals surface area contributed by atoms with E-state index in [0.717, 1.165) is 33.5 Å². The highest BCUT2D eigenvalue weighted by Gasteiger charge is 2.22. The number of benzene rings is 1. The van der Waals surface area contributed by atoms with Crippen LogP contribution in [0, 0.1) is 6.92 Å². The van der Waals surface area contributed by atoms with Crippen LogP contribution in [0.25, 0.3) is 11.3 Å². The molecule has 1 aromatic carbocycles. The molecule has 0 aliphatic rings. The van der Waals surface area contributed by atoms with Gasteiger partial charge in [0.15, 0.2) is 0 Å². The summed E-state index contributed by atoms with van der Waals surface area (Å²) < 4.78 is 6.56. The fraction of sp³-hybridized carbons (Fsp3) is 0.524. The van der Waals surface area contributed by atoms with Crippen molar-refractivity contribution in [2.75, 3.05) is 6.54 Å². The average Bonchev–Trinajstić information content (AvgIpc) is 3.06. The van der Waals surface area contributed by atoms with E-state index in [1.54, 1.807) is 11.1 Å². The molecule has 1 aromatic heterocycles. The van der Waals surface area contributed by atoms with Gasteiger partial charge in [0.25, 0.3) is 0 Å². The van der Waals surface area contributed by atoms with E-state index in [2.05, 4.69) is 38.9 Å². The number of ether oxygens (including phenoxy) is 1. The van der Waals surface area contributed by atoms with Gasteiger partial charge in [-0.1, -0.05) is 42.8 Å². The predicted octanol–water partition coefficient (Wildman–Crippen LogP) is 6.32. The molecule has 0 unspecified atom stereocenters. The number of H-pyrrole nitrogens is 1. The monoisotopic (exact) mass is 437 g/mol. The van der Waals surface area contributed by atoms with Crippen molar-refractivity contribution in [3.63, 3.8) is 0 Å². The third kappa shape index (κ3) is 7.37. The molecule has 0 saturated carbocycles. The molecule has 0 aliphatic heterocycles. The van der Waals surface area contributed by atoms with E-state index in [9.17, 15) is 4.79 Å². The summed E-state index contributed by atoms with van der Waals surface area (Å²) in [5.41, 5.74) is 2.66. The van der Waals surface area contributed by atoms with Gasteiger partial charge in [-0.3, -0.25) is 0 Å². The summed E-state index contributed by atoms with van der Waals surface area (Å²) in [6.45, 7) is 14.7. The third-order valence-electron chi connectivity index (χ3n) is 3.58. The Hall–Kier alpha value is -1.82. The molecule has 0 atom stereocenters. The molecule has 0 aliphatic carbocycles. The van der Waals surface area contributed by atoms with Crippen LogP contribution in [0.15, 0.2) is 28.9 Å². The highest BCUT2D eigenvalue weighted by molar-refractivity contribution is 9.10. The number of hydrogen-bond donors (Lipinski definition) is 1. The van der Waals surface area contributed by atoms with Gasteiger partial charge in [0.05, 0.1) is 18.4 Å². The maximum absolute atomic E-state index is 12.4. The van der Waals surface area contributed by atoms with Gasteiger partial charge in [-0.2, -0.15) is 0 Å². The zero-order valence-corrected chi connectivity index (χ0v) is 19.1. The van der Waals surface area contributed by atoms with Crippen molar-refractivity contribution >= 4 is 22.0 Å². The number of halogens is 1. The maximum Gasteiger partial charge on any atom is 0.410 e. The van der Waals surface area contributed by atoms with Gasteiger partial charge < -0.3 is 14.6 Å². The molecular formula is C21H32BrN3O2. The Morgan fingerprint density at radius 2 is 1.96 bits per heavy atom. The topological polar surface area (TPSA) is 58.2 Å². The van der Waals surface area contributed by atoms with Crippen LogP contribution < -0.4 is 0 Å². The molecule has 1 heterocycles. The Bertz CT molecular complexity index is 735. The second-order valence-corrected chi connectivity index (χ2v) is 7.96. The molecule has 2 aromatic rings. The average molecular weight is 438 g/mol. The van der Waals surface area contributed by atoms with E-state index in [1.165, 1.54) is 0 Å². The van der Waals surface area contributed by atoms with Gasteiger partial charge in [0.1, 0.15) is 11.4 Å². The summed E-state index contributed by atoms with van der Waals surface area (Å²) in [5, 5.41) is 0. The lowest BCUT2D eigenvalue weighted by Gasteiger charge is -2.26. The second-order valence-electron chi connectivity index (χ2n) is 7.11. The number of carbonyl (C=O) groups is 1. The van der Waals surface area contributed by atoms with Crippen LogP contribution in [0.3, 0.4) is 0 Å². The van der Waals surface area contributed by atoms with Crippen LogP contribution in [0.1, 0.15) is 59.4 Å². The lowest BCUT2D eigenvalue weighted by molar-refractivity contribution is 0.0229. The quantitative estimate of drug-likeness (QED) is 0.594. The molecule has 0 spiro atoms. The van der Waals surface area contributed by atoms with Gasteiger partial charge in [-0.25, -0.2) is 9.78 Å². The zero-order chi connectivity index (χ0) is 20.6. The van der Waals surface area contributed by atoms with E-state index in [4.69, 9.17) is 4.74 Å². The number of aromatic nitrogens is 2. The number of aryl methyl sites for hydroxylation is 1. The Labute approximate surface area is 171 Å². The molecule has 150 valence electrons. The van der Waals surface area contributed by atoms with Crippen molar-refractivity contribution in [1.82, 2.24) is 14.9 Å². The van der Waals surface area contributed by atoms with Crippen molar-refractivity contribution in [3.05, 3.63) is 40.3 Å². The molecule has 0 saturated heterocycles. The van der Waals surface area contributed by atoms with Gasteiger partial charge in [-0.15, -0.1) is 0 Å². The Balaban J connectivity index is 0.00000176. The largest absolute Gasteiger partial charge is 0.444 e. The van der Waals surface area contributed by atoms with Gasteiger partial charge in [0.2, 0.25) is 0 Å². The van der Waals surface area contributed by atoms with E-state index in [0.29, 0.717) is 13.1 Å². The van der Waals surface area contributed by atoms with Crippen molar-refractivity contribution in [3.8, 4) is 11.3 Å². The molecule has 1 N–H and O–H groups in total. The number of imidazole rings is 1. The lowest BCUT2D eigenvalue weighted by atomic mass is 10.1. The number of hydrogen-bond acceptors (Lipinski definition) is 3. The van der Waals surface area contributed by atoms with E-state index in [-0.39, 0.29) is 6.09 Å². The summed E-state index contributed by atoms with van der Waals surface area (Å²) in [6, 6.07) is 6.15. The predicted molar refractivity (Wildman–Crippen MR) is 115 cm³/mol. The minimum atomic E-state index is -0.508. The standard InChI is InChI=1S/C19H26BrN3O2.C2H6/c1-6-9-23(18(24)25-19(3,4)5)12-17-21-11-16(22-17)14-7-8-15(20)13(2)10-14;1-2/h7-8,10-11H,6,9,12H2,1-5H3,(H,21,22);1-2H3. The number of nitrogens with one attached hydrogen (secondary N) is 1. The summed E-state index contributed by atoms with van der Waals surface area (Å²) in [5.74, 6) is 0.745. The first-order chi connectivity index (χ1) is 12.7. The molecule has 5 nitrogen and oxygen atoms in total. The number of amides is 1. The molecule has 6 heteroatoms. The first-order valence-electron chi connectivity index (χ1n) is 9.48. The lowest BCUT2D eigenvalue weighted by Crippen LogP contribution is -2.37. The molecule has 1 amide bonds. The zero-order valence-electron chi connectivity index (χ0n) is 17.5. The molecule has 0 fully saturated rings. The third-order valence-corrected chi connectivity index (χ3v) is 4.47. The van der Waals surface area contributed by atoms with E-state index < -0.39 is 5.60 Å². The summed E-state index contributed by atoms with van der Waals surface area (Å²) in [6.07, 6.45) is 2.35.